The molecule has 5 nitrogen and oxygen atoms in total. The van der Waals surface area contributed by atoms with Gasteiger partial charge in [-0.05, 0) is 34.5 Å². The van der Waals surface area contributed by atoms with E-state index >= 15 is 0 Å². The van der Waals surface area contributed by atoms with Gasteiger partial charge >= 0.3 is 0 Å². The Labute approximate surface area is 147 Å². The summed E-state index contributed by atoms with van der Waals surface area (Å²) in [6.07, 6.45) is 0. The Morgan fingerprint density at radius 1 is 1.08 bits per heavy atom. The molecule has 3 aromatic carbocycles. The first-order valence-corrected chi connectivity index (χ1v) is 7.44. The van der Waals surface area contributed by atoms with Crippen LogP contribution in [0.2, 0.25) is 0 Å². The molecule has 0 aliphatic carbocycles. The van der Waals surface area contributed by atoms with Crippen LogP contribution in [0.15, 0.2) is 53.5 Å². The molecule has 128 valence electrons. The van der Waals surface area contributed by atoms with Crippen LogP contribution < -0.4 is 11.5 Å². The number of carbonyl (C=O) groups is 1. The van der Waals surface area contributed by atoms with Crippen LogP contribution >= 0.6 is 0 Å². The van der Waals surface area contributed by atoms with E-state index < -0.39 is 17.5 Å². The van der Waals surface area contributed by atoms with Crippen LogP contribution in [0, 0.1) is 18.2 Å². The lowest BCUT2D eigenvalue weighted by Crippen LogP contribution is -2.24. The monoisotopic (exact) mass is 350 g/mol. The van der Waals surface area contributed by atoms with E-state index in [1.807, 2.05) is 0 Å². The van der Waals surface area contributed by atoms with Crippen molar-refractivity contribution >= 4 is 28.3 Å². The summed E-state index contributed by atoms with van der Waals surface area (Å²) in [6.45, 7) is 7.21. The topological polar surface area (TPSA) is 85.8 Å². The predicted molar refractivity (Wildman–Crippen MR) is 95.7 cm³/mol. The molecular formula is C19H12F2N4O. The molecule has 0 fully saturated rings. The highest BCUT2D eigenvalue weighted by atomic mass is 19.1. The molecule has 0 aliphatic rings. The number of hydrogen-bond donors (Lipinski definition) is 2. The van der Waals surface area contributed by atoms with Crippen molar-refractivity contribution < 1.29 is 13.6 Å². The average molecular weight is 350 g/mol. The molecule has 3 aromatic rings. The van der Waals surface area contributed by atoms with Gasteiger partial charge < -0.3 is 11.5 Å². The van der Waals surface area contributed by atoms with E-state index in [0.29, 0.717) is 16.3 Å². The normalized spacial score (nSPS) is 10.3. The summed E-state index contributed by atoms with van der Waals surface area (Å²) < 4.78 is 27.9. The molecule has 0 unspecified atom stereocenters. The first-order valence-electron chi connectivity index (χ1n) is 7.44. The molecule has 4 N–H and O–H groups in total. The van der Waals surface area contributed by atoms with Crippen molar-refractivity contribution in [2.24, 2.45) is 16.5 Å². The maximum absolute atomic E-state index is 14.4. The van der Waals surface area contributed by atoms with E-state index in [0.717, 1.165) is 12.1 Å². The van der Waals surface area contributed by atoms with Crippen LogP contribution in [-0.4, -0.2) is 11.9 Å². The smallest absolute Gasteiger partial charge is 0.280 e. The molecule has 0 aromatic heterocycles. The molecular weight excluding hydrogens is 338 g/mol. The molecule has 0 saturated heterocycles. The van der Waals surface area contributed by atoms with Crippen molar-refractivity contribution in [3.05, 3.63) is 77.1 Å². The second-order valence-electron chi connectivity index (χ2n) is 5.48. The Morgan fingerprint density at radius 2 is 1.85 bits per heavy atom. The number of rotatable bonds is 2. The molecule has 3 rings (SSSR count). The Balaban J connectivity index is 2.30. The van der Waals surface area contributed by atoms with E-state index in [4.69, 9.17) is 18.0 Å². The molecule has 0 aliphatic heterocycles. The highest BCUT2D eigenvalue weighted by molar-refractivity contribution is 6.07. The van der Waals surface area contributed by atoms with Crippen LogP contribution in [0.3, 0.4) is 0 Å². The number of amides is 1. The molecule has 0 atom stereocenters. The fourth-order valence-corrected chi connectivity index (χ4v) is 2.72. The Bertz CT molecular complexity index is 1110. The summed E-state index contributed by atoms with van der Waals surface area (Å²) in [5.74, 6) is -2.71. The van der Waals surface area contributed by atoms with Crippen molar-refractivity contribution in [3.63, 3.8) is 0 Å². The van der Waals surface area contributed by atoms with Crippen LogP contribution in [0.25, 0.3) is 26.7 Å². The number of nitrogens with two attached hydrogens (primary N) is 2. The number of benzene rings is 3. The summed E-state index contributed by atoms with van der Waals surface area (Å²) in [5, 5.41) is 1.22. The summed E-state index contributed by atoms with van der Waals surface area (Å²) >= 11 is 0. The van der Waals surface area contributed by atoms with Gasteiger partial charge in [0.1, 0.15) is 11.6 Å². The fraction of sp³-hybridized carbons (Fsp3) is 0. The molecule has 0 spiro atoms. The lowest BCUT2D eigenvalue weighted by molar-refractivity contribution is 0.100. The minimum atomic E-state index is -0.857. The predicted octanol–water partition coefficient (Wildman–Crippen LogP) is 3.75. The lowest BCUT2D eigenvalue weighted by Gasteiger charge is -2.11. The highest BCUT2D eigenvalue weighted by Gasteiger charge is 2.17. The van der Waals surface area contributed by atoms with Gasteiger partial charge in [0, 0.05) is 17.2 Å². The van der Waals surface area contributed by atoms with Crippen molar-refractivity contribution in [2.45, 2.75) is 0 Å². The van der Waals surface area contributed by atoms with E-state index in [1.54, 1.807) is 24.3 Å². The number of fused-ring (bicyclic) bond motifs is 1. The maximum Gasteiger partial charge on any atom is 0.280 e. The van der Waals surface area contributed by atoms with Gasteiger partial charge in [0.15, 0.2) is 5.96 Å². The van der Waals surface area contributed by atoms with Gasteiger partial charge in [0.2, 0.25) is 5.69 Å². The van der Waals surface area contributed by atoms with E-state index in [1.165, 1.54) is 12.1 Å². The van der Waals surface area contributed by atoms with E-state index in [9.17, 15) is 13.6 Å². The number of carbonyl (C=O) groups excluding carboxylic acids is 1. The fourth-order valence-electron chi connectivity index (χ4n) is 2.72. The van der Waals surface area contributed by atoms with Crippen LogP contribution in [0.5, 0.6) is 0 Å². The molecule has 1 amide bonds. The quantitative estimate of drug-likeness (QED) is 0.419. The number of halogens is 2. The number of aliphatic imine (C=N–C) groups is 1. The highest BCUT2D eigenvalue weighted by Crippen LogP contribution is 2.38. The third kappa shape index (κ3) is 3.08. The average Bonchev–Trinajstić information content (AvgIpc) is 2.59. The largest absolute Gasteiger partial charge is 0.370 e. The zero-order valence-electron chi connectivity index (χ0n) is 13.3. The lowest BCUT2D eigenvalue weighted by atomic mass is 9.95. The first kappa shape index (κ1) is 17.0. The van der Waals surface area contributed by atoms with Gasteiger partial charge in [0.25, 0.3) is 5.91 Å². The zero-order valence-corrected chi connectivity index (χ0v) is 13.3. The Hall–Kier alpha value is -3.79. The first-order chi connectivity index (χ1) is 12.4. The van der Waals surface area contributed by atoms with Crippen LogP contribution in [0.4, 0.5) is 14.5 Å². The molecule has 7 heteroatoms. The molecule has 26 heavy (non-hydrogen) atoms. The number of hydrogen-bond acceptors (Lipinski definition) is 1. The SMILES string of the molecule is [C-]#[N+]c1cc(F)cc(F)c1-c1cccc2ccc(C(=O)N=C(N)N)cc12. The molecule has 0 radical (unpaired) electrons. The minimum Gasteiger partial charge on any atom is -0.370 e. The molecule has 0 heterocycles. The number of guanidine groups is 1. The Morgan fingerprint density at radius 3 is 2.54 bits per heavy atom. The van der Waals surface area contributed by atoms with Gasteiger partial charge in [-0.3, -0.25) is 4.79 Å². The van der Waals surface area contributed by atoms with Gasteiger partial charge in [-0.2, -0.15) is 4.99 Å². The van der Waals surface area contributed by atoms with Gasteiger partial charge in [-0.15, -0.1) is 0 Å². The second kappa shape index (κ2) is 6.61. The summed E-state index contributed by atoms with van der Waals surface area (Å²) in [4.78, 5) is 18.8. The zero-order chi connectivity index (χ0) is 18.8. The standard InChI is InChI=1S/C19H12F2N4O/c1-24-16-9-12(20)8-15(21)17(16)13-4-2-3-10-5-6-11(7-14(10)13)18(26)25-19(22)23/h2-9H,(H4,22,23,25,26). The van der Waals surface area contributed by atoms with Gasteiger partial charge in [-0.25, -0.2) is 13.6 Å². The third-order valence-corrected chi connectivity index (χ3v) is 3.78. The van der Waals surface area contributed by atoms with Crippen molar-refractivity contribution in [1.29, 1.82) is 0 Å². The van der Waals surface area contributed by atoms with Gasteiger partial charge in [0.05, 0.1) is 6.57 Å². The Kier molecular flexibility index (Phi) is 4.33. The third-order valence-electron chi connectivity index (χ3n) is 3.78. The van der Waals surface area contributed by atoms with Gasteiger partial charge in [-0.1, -0.05) is 24.3 Å². The van der Waals surface area contributed by atoms with Crippen LogP contribution in [0.1, 0.15) is 10.4 Å². The van der Waals surface area contributed by atoms with E-state index in [-0.39, 0.29) is 22.8 Å². The summed E-state index contributed by atoms with van der Waals surface area (Å²) in [5.41, 5.74) is 10.8. The molecule has 0 saturated carbocycles. The summed E-state index contributed by atoms with van der Waals surface area (Å²) in [6, 6.07) is 11.5. The summed E-state index contributed by atoms with van der Waals surface area (Å²) in [7, 11) is 0. The molecule has 0 bridgehead atoms. The van der Waals surface area contributed by atoms with Crippen molar-refractivity contribution in [3.8, 4) is 11.1 Å². The van der Waals surface area contributed by atoms with E-state index in [2.05, 4.69) is 9.84 Å². The maximum atomic E-state index is 14.4. The van der Waals surface area contributed by atoms with Crippen LogP contribution in [-0.2, 0) is 0 Å². The number of nitrogens with zero attached hydrogens (tertiary/aromatic N) is 2. The second-order valence-corrected chi connectivity index (χ2v) is 5.48. The van der Waals surface area contributed by atoms with Crippen molar-refractivity contribution in [1.82, 2.24) is 0 Å². The minimum absolute atomic E-state index is 0.0292. The van der Waals surface area contributed by atoms with Crippen molar-refractivity contribution in [2.75, 3.05) is 0 Å².